The van der Waals surface area contributed by atoms with E-state index >= 15 is 0 Å². The Balaban J connectivity index is 4.31. The molecular weight excluding hydrogens is 192 g/mol. The lowest BCUT2D eigenvalue weighted by Crippen LogP contribution is -2.30. The Kier molecular flexibility index (Phi) is 5.28. The van der Waals surface area contributed by atoms with E-state index in [1.54, 1.807) is 0 Å². The maximum atomic E-state index is 11.0. The van der Waals surface area contributed by atoms with Gasteiger partial charge in [-0.1, -0.05) is 0 Å². The van der Waals surface area contributed by atoms with Crippen molar-refractivity contribution >= 4 is 17.9 Å². The molecule has 0 heterocycles. The van der Waals surface area contributed by atoms with Gasteiger partial charge in [-0.3, -0.25) is 9.59 Å². The van der Waals surface area contributed by atoms with Crippen molar-refractivity contribution in [3.05, 3.63) is 0 Å². The van der Waals surface area contributed by atoms with Crippen molar-refractivity contribution in [3.8, 4) is 0 Å². The predicted octanol–water partition coefficient (Wildman–Crippen LogP) is -0.346. The van der Waals surface area contributed by atoms with Crippen molar-refractivity contribution in [2.75, 3.05) is 14.2 Å². The van der Waals surface area contributed by atoms with Gasteiger partial charge in [0.2, 0.25) is 6.10 Å². The number of methoxy groups -OCH3 is 2. The Hall–Kier alpha value is -1.59. The van der Waals surface area contributed by atoms with Gasteiger partial charge in [0, 0.05) is 6.92 Å². The average molecular weight is 204 g/mol. The Labute approximate surface area is 81.1 Å². The highest BCUT2D eigenvalue weighted by molar-refractivity contribution is 5.83. The molecule has 0 spiro atoms. The summed E-state index contributed by atoms with van der Waals surface area (Å²) in [5, 5.41) is 0. The Morgan fingerprint density at radius 3 is 2.07 bits per heavy atom. The van der Waals surface area contributed by atoms with Crippen LogP contribution in [-0.4, -0.2) is 38.2 Å². The summed E-state index contributed by atoms with van der Waals surface area (Å²) in [6, 6.07) is 0. The van der Waals surface area contributed by atoms with Crippen molar-refractivity contribution in [2.24, 2.45) is 0 Å². The van der Waals surface area contributed by atoms with E-state index in [2.05, 4.69) is 14.2 Å². The van der Waals surface area contributed by atoms with Gasteiger partial charge >= 0.3 is 17.9 Å². The summed E-state index contributed by atoms with van der Waals surface area (Å²) in [4.78, 5) is 32.4. The molecule has 0 rings (SSSR count). The minimum atomic E-state index is -1.23. The second-order valence-electron chi connectivity index (χ2n) is 2.40. The van der Waals surface area contributed by atoms with E-state index in [4.69, 9.17) is 0 Å². The lowest BCUT2D eigenvalue weighted by Gasteiger charge is -2.12. The molecule has 0 radical (unpaired) electrons. The zero-order chi connectivity index (χ0) is 11.1. The van der Waals surface area contributed by atoms with Crippen molar-refractivity contribution in [1.82, 2.24) is 0 Å². The first-order valence-corrected chi connectivity index (χ1v) is 3.83. The minimum Gasteiger partial charge on any atom is -0.469 e. The lowest BCUT2D eigenvalue weighted by atomic mass is 10.2. The normalized spacial score (nSPS) is 11.4. The molecule has 0 bridgehead atoms. The number of ether oxygens (including phenoxy) is 3. The van der Waals surface area contributed by atoms with Gasteiger partial charge in [-0.25, -0.2) is 4.79 Å². The van der Waals surface area contributed by atoms with Crippen molar-refractivity contribution in [1.29, 1.82) is 0 Å². The smallest absolute Gasteiger partial charge is 0.347 e. The van der Waals surface area contributed by atoms with Crippen LogP contribution in [0.4, 0.5) is 0 Å². The first kappa shape index (κ1) is 12.4. The van der Waals surface area contributed by atoms with Crippen LogP contribution in [0.25, 0.3) is 0 Å². The summed E-state index contributed by atoms with van der Waals surface area (Å²) in [6.07, 6.45) is -1.58. The number of carbonyl (C=O) groups excluding carboxylic acids is 3. The minimum absolute atomic E-state index is 0.344. The molecule has 0 N–H and O–H groups in total. The zero-order valence-electron chi connectivity index (χ0n) is 8.23. The summed E-state index contributed by atoms with van der Waals surface area (Å²) in [7, 11) is 2.31. The van der Waals surface area contributed by atoms with E-state index in [1.165, 1.54) is 7.11 Å². The molecule has 6 nitrogen and oxygen atoms in total. The summed E-state index contributed by atoms with van der Waals surface area (Å²) in [5.74, 6) is -2.10. The predicted molar refractivity (Wildman–Crippen MR) is 44.2 cm³/mol. The first-order valence-electron chi connectivity index (χ1n) is 3.83. The average Bonchev–Trinajstić information content (AvgIpc) is 2.14. The Morgan fingerprint density at radius 2 is 1.71 bits per heavy atom. The second kappa shape index (κ2) is 5.95. The summed E-state index contributed by atoms with van der Waals surface area (Å²) >= 11 is 0. The van der Waals surface area contributed by atoms with E-state index in [9.17, 15) is 14.4 Å². The molecule has 0 aromatic heterocycles. The summed E-state index contributed by atoms with van der Waals surface area (Å²) < 4.78 is 13.2. The molecule has 80 valence electrons. The molecule has 0 amide bonds. The molecule has 14 heavy (non-hydrogen) atoms. The third-order valence-corrected chi connectivity index (χ3v) is 1.35. The first-order chi connectivity index (χ1) is 6.51. The molecule has 0 aliphatic heterocycles. The van der Waals surface area contributed by atoms with Gasteiger partial charge in [0.1, 0.15) is 0 Å². The molecule has 0 aliphatic rings. The van der Waals surface area contributed by atoms with Gasteiger partial charge in [0.15, 0.2) is 0 Å². The van der Waals surface area contributed by atoms with Crippen LogP contribution >= 0.6 is 0 Å². The monoisotopic (exact) mass is 204 g/mol. The van der Waals surface area contributed by atoms with Crippen LogP contribution in [0.15, 0.2) is 0 Å². The van der Waals surface area contributed by atoms with E-state index in [0.717, 1.165) is 14.0 Å². The third kappa shape index (κ3) is 4.44. The molecular formula is C8H12O6. The quantitative estimate of drug-likeness (QED) is 0.460. The van der Waals surface area contributed by atoms with Crippen molar-refractivity contribution < 1.29 is 28.6 Å². The molecule has 6 heteroatoms. The van der Waals surface area contributed by atoms with Crippen LogP contribution < -0.4 is 0 Å². The van der Waals surface area contributed by atoms with E-state index in [1.807, 2.05) is 0 Å². The number of hydrogen-bond acceptors (Lipinski definition) is 6. The largest absolute Gasteiger partial charge is 0.469 e. The second-order valence-corrected chi connectivity index (χ2v) is 2.40. The highest BCUT2D eigenvalue weighted by Crippen LogP contribution is 2.03. The van der Waals surface area contributed by atoms with E-state index in [-0.39, 0.29) is 6.42 Å². The van der Waals surface area contributed by atoms with Crippen LogP contribution in [0.3, 0.4) is 0 Å². The number of esters is 3. The fourth-order valence-corrected chi connectivity index (χ4v) is 0.740. The fourth-order valence-electron chi connectivity index (χ4n) is 0.740. The number of carbonyl (C=O) groups is 3. The highest BCUT2D eigenvalue weighted by atomic mass is 16.6. The van der Waals surface area contributed by atoms with E-state index in [0.29, 0.717) is 0 Å². The maximum Gasteiger partial charge on any atom is 0.347 e. The van der Waals surface area contributed by atoms with Gasteiger partial charge in [0.25, 0.3) is 0 Å². The van der Waals surface area contributed by atoms with Gasteiger partial charge in [-0.05, 0) is 0 Å². The third-order valence-electron chi connectivity index (χ3n) is 1.35. The van der Waals surface area contributed by atoms with Crippen molar-refractivity contribution in [2.45, 2.75) is 19.4 Å². The number of rotatable bonds is 4. The van der Waals surface area contributed by atoms with Crippen LogP contribution in [-0.2, 0) is 28.6 Å². The fraction of sp³-hybridized carbons (Fsp3) is 0.625. The molecule has 1 unspecified atom stereocenters. The van der Waals surface area contributed by atoms with Crippen molar-refractivity contribution in [3.63, 3.8) is 0 Å². The molecule has 0 aliphatic carbocycles. The summed E-state index contributed by atoms with van der Waals surface area (Å²) in [5.41, 5.74) is 0. The Bertz CT molecular complexity index is 234. The van der Waals surface area contributed by atoms with Gasteiger partial charge < -0.3 is 14.2 Å². The van der Waals surface area contributed by atoms with Crippen LogP contribution in [0.2, 0.25) is 0 Å². The van der Waals surface area contributed by atoms with Crippen LogP contribution in [0.1, 0.15) is 13.3 Å². The molecule has 0 aromatic rings. The van der Waals surface area contributed by atoms with Gasteiger partial charge in [-0.2, -0.15) is 0 Å². The van der Waals surface area contributed by atoms with Gasteiger partial charge in [0.05, 0.1) is 20.6 Å². The zero-order valence-corrected chi connectivity index (χ0v) is 8.23. The molecule has 0 aromatic carbocycles. The summed E-state index contributed by atoms with van der Waals surface area (Å²) in [6.45, 7) is 1.13. The van der Waals surface area contributed by atoms with Crippen LogP contribution in [0, 0.1) is 0 Å². The number of hydrogen-bond donors (Lipinski definition) is 0. The molecule has 0 saturated carbocycles. The molecule has 1 atom stereocenters. The standard InChI is InChI=1S/C8H12O6/c1-5(9)14-6(8(11)13-3)4-7(10)12-2/h6H,4H2,1-3H3. The van der Waals surface area contributed by atoms with Crippen LogP contribution in [0.5, 0.6) is 0 Å². The van der Waals surface area contributed by atoms with E-state index < -0.39 is 24.0 Å². The maximum absolute atomic E-state index is 11.0. The van der Waals surface area contributed by atoms with Gasteiger partial charge in [-0.15, -0.1) is 0 Å². The topological polar surface area (TPSA) is 78.9 Å². The molecule has 0 saturated heterocycles. The molecule has 0 fully saturated rings. The SMILES string of the molecule is COC(=O)CC(OC(C)=O)C(=O)OC. The lowest BCUT2D eigenvalue weighted by molar-refractivity contribution is -0.168. The highest BCUT2D eigenvalue weighted by Gasteiger charge is 2.25. The Morgan fingerprint density at radius 1 is 1.14 bits per heavy atom.